The van der Waals surface area contributed by atoms with Gasteiger partial charge < -0.3 is 4.74 Å². The molecule has 0 unspecified atom stereocenters. The van der Waals surface area contributed by atoms with E-state index in [4.69, 9.17) is 14.8 Å². The molecule has 0 bridgehead atoms. The van der Waals surface area contributed by atoms with Gasteiger partial charge in [-0.15, -0.1) is 0 Å². The van der Waals surface area contributed by atoms with Crippen molar-refractivity contribution < 1.29 is 4.74 Å². The first-order valence-electron chi connectivity index (χ1n) is 16.2. The first-order chi connectivity index (χ1) is 22.3. The van der Waals surface area contributed by atoms with Crippen LogP contribution in [0.15, 0.2) is 109 Å². The standard InChI is InChI=1S/C41H40N4O/c1-7-29-21-22-42-39(23-29)44-37-20-17-31(41(5,6)8-2)24-36(37)35-19-18-34(26-38(35)44)46-33-16-12-15-32(25-33)45-28(4)40(27(3)43-45)30-13-10-9-11-14-30/h9-26H,7-8H2,1-6H3. The summed E-state index contributed by atoms with van der Waals surface area (Å²) in [5, 5.41) is 7.32. The van der Waals surface area contributed by atoms with Gasteiger partial charge in [0.15, 0.2) is 0 Å². The van der Waals surface area contributed by atoms with E-state index in [1.165, 1.54) is 27.5 Å². The molecule has 0 saturated carbocycles. The molecule has 7 aromatic rings. The quantitative estimate of drug-likeness (QED) is 0.173. The summed E-state index contributed by atoms with van der Waals surface area (Å²) in [6.45, 7) is 13.2. The van der Waals surface area contributed by atoms with Crippen LogP contribution >= 0.6 is 0 Å². The zero-order chi connectivity index (χ0) is 32.0. The summed E-state index contributed by atoms with van der Waals surface area (Å²) in [7, 11) is 0. The van der Waals surface area contributed by atoms with E-state index in [-0.39, 0.29) is 5.41 Å². The lowest BCUT2D eigenvalue weighted by molar-refractivity contribution is 0.482. The summed E-state index contributed by atoms with van der Waals surface area (Å²) in [5.41, 5.74) is 10.3. The fourth-order valence-electron chi connectivity index (χ4n) is 6.47. The maximum atomic E-state index is 6.56. The average Bonchev–Trinajstić information content (AvgIpc) is 3.57. The van der Waals surface area contributed by atoms with Crippen LogP contribution in [0.5, 0.6) is 11.5 Å². The lowest BCUT2D eigenvalue weighted by atomic mass is 9.82. The summed E-state index contributed by atoms with van der Waals surface area (Å²) >= 11 is 0. The molecule has 230 valence electrons. The molecule has 0 saturated heterocycles. The molecule has 0 spiro atoms. The van der Waals surface area contributed by atoms with Crippen molar-refractivity contribution in [2.24, 2.45) is 0 Å². The number of hydrogen-bond donors (Lipinski definition) is 0. The van der Waals surface area contributed by atoms with E-state index >= 15 is 0 Å². The number of pyridine rings is 1. The fraction of sp³-hybridized carbons (Fsp3) is 0.220. The molecule has 0 atom stereocenters. The number of aryl methyl sites for hydroxylation is 2. The van der Waals surface area contributed by atoms with Gasteiger partial charge in [0.1, 0.15) is 17.3 Å². The van der Waals surface area contributed by atoms with E-state index in [0.717, 1.165) is 63.8 Å². The van der Waals surface area contributed by atoms with Crippen molar-refractivity contribution in [3.63, 3.8) is 0 Å². The lowest BCUT2D eigenvalue weighted by Gasteiger charge is -2.23. The third kappa shape index (κ3) is 5.16. The van der Waals surface area contributed by atoms with Crippen LogP contribution in [0, 0.1) is 13.8 Å². The minimum absolute atomic E-state index is 0.0877. The number of benzene rings is 4. The largest absolute Gasteiger partial charge is 0.457 e. The zero-order valence-electron chi connectivity index (χ0n) is 27.5. The molecule has 46 heavy (non-hydrogen) atoms. The van der Waals surface area contributed by atoms with Gasteiger partial charge in [0, 0.05) is 40.4 Å². The molecule has 0 aliphatic carbocycles. The maximum Gasteiger partial charge on any atom is 0.137 e. The monoisotopic (exact) mass is 604 g/mol. The first-order valence-corrected chi connectivity index (χ1v) is 16.2. The summed E-state index contributed by atoms with van der Waals surface area (Å²) in [6, 6.07) is 36.2. The second kappa shape index (κ2) is 11.6. The van der Waals surface area contributed by atoms with Gasteiger partial charge in [-0.2, -0.15) is 5.10 Å². The highest BCUT2D eigenvalue weighted by Gasteiger charge is 2.22. The minimum atomic E-state index is 0.0877. The number of aromatic nitrogens is 4. The zero-order valence-corrected chi connectivity index (χ0v) is 27.5. The summed E-state index contributed by atoms with van der Waals surface area (Å²) < 4.78 is 10.8. The molecule has 5 heteroatoms. The predicted octanol–water partition coefficient (Wildman–Crippen LogP) is 10.7. The molecule has 0 radical (unpaired) electrons. The molecule has 3 heterocycles. The van der Waals surface area contributed by atoms with E-state index in [2.05, 4.69) is 131 Å². The first kappa shape index (κ1) is 29.5. The predicted molar refractivity (Wildman–Crippen MR) is 190 cm³/mol. The summed E-state index contributed by atoms with van der Waals surface area (Å²) in [4.78, 5) is 4.83. The van der Waals surface area contributed by atoms with Gasteiger partial charge in [-0.3, -0.25) is 4.57 Å². The Kier molecular flexibility index (Phi) is 7.48. The van der Waals surface area contributed by atoms with Crippen LogP contribution in [0.3, 0.4) is 0 Å². The van der Waals surface area contributed by atoms with Crippen LogP contribution in [-0.4, -0.2) is 19.3 Å². The van der Waals surface area contributed by atoms with Gasteiger partial charge in [-0.1, -0.05) is 70.2 Å². The number of fused-ring (bicyclic) bond motifs is 3. The van der Waals surface area contributed by atoms with Crippen molar-refractivity contribution in [3.05, 3.63) is 132 Å². The van der Waals surface area contributed by atoms with Crippen LogP contribution in [0.4, 0.5) is 0 Å². The number of hydrogen-bond acceptors (Lipinski definition) is 3. The summed E-state index contributed by atoms with van der Waals surface area (Å²) in [5.74, 6) is 2.44. The number of ether oxygens (including phenoxy) is 1. The Balaban J connectivity index is 1.31. The number of nitrogens with zero attached hydrogens (tertiary/aromatic N) is 4. The van der Waals surface area contributed by atoms with E-state index in [1.54, 1.807) is 0 Å². The highest BCUT2D eigenvalue weighted by molar-refractivity contribution is 6.09. The van der Waals surface area contributed by atoms with Crippen LogP contribution in [-0.2, 0) is 11.8 Å². The van der Waals surface area contributed by atoms with Crippen molar-refractivity contribution in [3.8, 4) is 34.1 Å². The normalized spacial score (nSPS) is 11.9. The number of rotatable bonds is 8. The molecule has 5 nitrogen and oxygen atoms in total. The highest BCUT2D eigenvalue weighted by Crippen LogP contribution is 2.38. The third-order valence-corrected chi connectivity index (χ3v) is 9.50. The maximum absolute atomic E-state index is 6.56. The lowest BCUT2D eigenvalue weighted by Crippen LogP contribution is -2.15. The van der Waals surface area contributed by atoms with Gasteiger partial charge >= 0.3 is 0 Å². The van der Waals surface area contributed by atoms with E-state index in [9.17, 15) is 0 Å². The molecule has 7 rings (SSSR count). The van der Waals surface area contributed by atoms with Crippen molar-refractivity contribution in [1.82, 2.24) is 19.3 Å². The Morgan fingerprint density at radius 1 is 0.739 bits per heavy atom. The molecule has 0 N–H and O–H groups in total. The van der Waals surface area contributed by atoms with Crippen molar-refractivity contribution in [2.75, 3.05) is 0 Å². The van der Waals surface area contributed by atoms with Gasteiger partial charge in [-0.05, 0) is 97.3 Å². The Bertz CT molecular complexity index is 2200. The van der Waals surface area contributed by atoms with E-state index in [0.29, 0.717) is 0 Å². The van der Waals surface area contributed by atoms with Crippen LogP contribution < -0.4 is 4.74 Å². The van der Waals surface area contributed by atoms with Crippen LogP contribution in [0.1, 0.15) is 56.6 Å². The SMILES string of the molecule is CCc1ccnc(-n2c3ccc(C(C)(C)CC)cc3c3ccc(Oc4cccc(-n5nc(C)c(-c6ccccc6)c5C)c4)cc32)c1. The van der Waals surface area contributed by atoms with Crippen molar-refractivity contribution in [1.29, 1.82) is 0 Å². The third-order valence-electron chi connectivity index (χ3n) is 9.50. The smallest absolute Gasteiger partial charge is 0.137 e. The van der Waals surface area contributed by atoms with Gasteiger partial charge in [0.25, 0.3) is 0 Å². The van der Waals surface area contributed by atoms with E-state index < -0.39 is 0 Å². The molecular formula is C41H40N4O. The molecule has 4 aromatic carbocycles. The second-order valence-corrected chi connectivity index (χ2v) is 12.8. The average molecular weight is 605 g/mol. The molecule has 3 aromatic heterocycles. The van der Waals surface area contributed by atoms with Crippen LogP contribution in [0.25, 0.3) is 44.4 Å². The minimum Gasteiger partial charge on any atom is -0.457 e. The fourth-order valence-corrected chi connectivity index (χ4v) is 6.47. The van der Waals surface area contributed by atoms with Gasteiger partial charge in [-0.25, -0.2) is 9.67 Å². The Hall–Kier alpha value is -5.16. The van der Waals surface area contributed by atoms with E-state index in [1.807, 2.05) is 29.1 Å². The summed E-state index contributed by atoms with van der Waals surface area (Å²) in [6.07, 6.45) is 3.93. The van der Waals surface area contributed by atoms with Gasteiger partial charge in [0.05, 0.1) is 22.4 Å². The molecule has 0 aliphatic rings. The Morgan fingerprint density at radius 2 is 1.54 bits per heavy atom. The highest BCUT2D eigenvalue weighted by atomic mass is 16.5. The molecular weight excluding hydrogens is 564 g/mol. The molecule has 0 fully saturated rings. The van der Waals surface area contributed by atoms with Crippen LogP contribution in [0.2, 0.25) is 0 Å². The van der Waals surface area contributed by atoms with Crippen molar-refractivity contribution in [2.45, 2.75) is 59.8 Å². The Morgan fingerprint density at radius 3 is 2.33 bits per heavy atom. The second-order valence-electron chi connectivity index (χ2n) is 12.8. The topological polar surface area (TPSA) is 44.9 Å². The molecule has 0 aliphatic heterocycles. The molecule has 0 amide bonds. The van der Waals surface area contributed by atoms with Gasteiger partial charge in [0.2, 0.25) is 0 Å². The van der Waals surface area contributed by atoms with Crippen molar-refractivity contribution >= 4 is 21.8 Å². The Labute approximate surface area is 271 Å².